The Morgan fingerprint density at radius 1 is 1.10 bits per heavy atom. The first kappa shape index (κ1) is 21.9. The molecule has 3 rings (SSSR count). The van der Waals surface area contributed by atoms with Crippen molar-refractivity contribution in [2.24, 2.45) is 0 Å². The Hall–Kier alpha value is -3.43. The number of hydrogen-bond donors (Lipinski definition) is 1. The highest BCUT2D eigenvalue weighted by molar-refractivity contribution is 5.73. The second-order valence-corrected chi connectivity index (χ2v) is 5.68. The Morgan fingerprint density at radius 2 is 1.72 bits per heavy atom. The van der Waals surface area contributed by atoms with Crippen molar-refractivity contribution >= 4 is 5.97 Å². The smallest absolute Gasteiger partial charge is 0.490 e. The highest BCUT2D eigenvalue weighted by atomic mass is 19.4. The largest absolute Gasteiger partial charge is 0.494 e. The van der Waals surface area contributed by atoms with Crippen molar-refractivity contribution in [1.29, 1.82) is 0 Å². The van der Waals surface area contributed by atoms with E-state index in [1.54, 1.807) is 12.4 Å². The third kappa shape index (κ3) is 6.91. The molecule has 0 aliphatic heterocycles. The van der Waals surface area contributed by atoms with Crippen molar-refractivity contribution in [1.82, 2.24) is 15.2 Å². The van der Waals surface area contributed by atoms with E-state index >= 15 is 0 Å². The molecule has 0 atom stereocenters. The predicted octanol–water partition coefficient (Wildman–Crippen LogP) is 4.61. The van der Waals surface area contributed by atoms with Gasteiger partial charge < -0.3 is 14.3 Å². The number of hydrogen-bond acceptors (Lipinski definition) is 6. The van der Waals surface area contributed by atoms with Crippen LogP contribution in [-0.4, -0.2) is 39.0 Å². The number of aliphatic carboxylic acids is 1. The zero-order chi connectivity index (χ0) is 21.3. The number of aromatic nitrogens is 3. The number of carbonyl (C=O) groups is 1. The van der Waals surface area contributed by atoms with Crippen molar-refractivity contribution in [2.45, 2.75) is 25.9 Å². The van der Waals surface area contributed by atoms with E-state index in [0.29, 0.717) is 11.8 Å². The lowest BCUT2D eigenvalue weighted by Crippen LogP contribution is -2.21. The van der Waals surface area contributed by atoms with Crippen LogP contribution in [0.25, 0.3) is 22.9 Å². The summed E-state index contributed by atoms with van der Waals surface area (Å²) in [5.41, 5.74) is 1.67. The van der Waals surface area contributed by atoms with Gasteiger partial charge >= 0.3 is 12.1 Å². The molecule has 0 unspecified atom stereocenters. The van der Waals surface area contributed by atoms with E-state index in [4.69, 9.17) is 19.1 Å². The predicted molar refractivity (Wildman–Crippen MR) is 97.1 cm³/mol. The first-order chi connectivity index (χ1) is 13.8. The van der Waals surface area contributed by atoms with Gasteiger partial charge in [-0.25, -0.2) is 4.79 Å². The SMILES string of the molecule is CCCCOc1ccc(-c2nnc(-c3cccnc3)o2)cc1.O=C(O)C(F)(F)F. The highest BCUT2D eigenvalue weighted by Crippen LogP contribution is 2.25. The molecule has 1 N–H and O–H groups in total. The summed E-state index contributed by atoms with van der Waals surface area (Å²) in [6.45, 7) is 2.88. The normalized spacial score (nSPS) is 10.8. The van der Waals surface area contributed by atoms with Gasteiger partial charge in [-0.1, -0.05) is 13.3 Å². The number of pyridine rings is 1. The van der Waals surface area contributed by atoms with Gasteiger partial charge in [0.15, 0.2) is 0 Å². The van der Waals surface area contributed by atoms with Gasteiger partial charge in [-0.3, -0.25) is 4.98 Å². The Labute approximate surface area is 164 Å². The van der Waals surface area contributed by atoms with Crippen LogP contribution in [-0.2, 0) is 4.79 Å². The molecule has 0 aliphatic carbocycles. The minimum atomic E-state index is -5.08. The summed E-state index contributed by atoms with van der Waals surface area (Å²) in [4.78, 5) is 12.9. The maximum Gasteiger partial charge on any atom is 0.490 e. The van der Waals surface area contributed by atoms with Crippen LogP contribution < -0.4 is 4.74 Å². The molecule has 0 saturated heterocycles. The minimum absolute atomic E-state index is 0.464. The van der Waals surface area contributed by atoms with Crippen LogP contribution in [0.4, 0.5) is 13.2 Å². The van der Waals surface area contributed by atoms with Gasteiger partial charge in [0.1, 0.15) is 5.75 Å². The summed E-state index contributed by atoms with van der Waals surface area (Å²) in [6, 6.07) is 11.4. The van der Waals surface area contributed by atoms with Crippen molar-refractivity contribution in [2.75, 3.05) is 6.61 Å². The summed E-state index contributed by atoms with van der Waals surface area (Å²) >= 11 is 0. The molecule has 154 valence electrons. The molecule has 0 saturated carbocycles. The Kier molecular flexibility index (Phi) is 7.70. The van der Waals surface area contributed by atoms with Gasteiger partial charge in [0.2, 0.25) is 11.8 Å². The van der Waals surface area contributed by atoms with Gasteiger partial charge in [-0.15, -0.1) is 10.2 Å². The fourth-order valence-corrected chi connectivity index (χ4v) is 1.97. The number of alkyl halides is 3. The summed E-state index contributed by atoms with van der Waals surface area (Å²) in [7, 11) is 0. The van der Waals surface area contributed by atoms with Crippen LogP contribution in [0.2, 0.25) is 0 Å². The average molecular weight is 409 g/mol. The topological polar surface area (TPSA) is 98.3 Å². The summed E-state index contributed by atoms with van der Waals surface area (Å²) in [5, 5.41) is 15.3. The van der Waals surface area contributed by atoms with Gasteiger partial charge in [0, 0.05) is 18.0 Å². The average Bonchev–Trinajstić information content (AvgIpc) is 3.19. The summed E-state index contributed by atoms with van der Waals surface area (Å²) in [6.07, 6.45) is 0.497. The lowest BCUT2D eigenvalue weighted by molar-refractivity contribution is -0.192. The molecule has 0 bridgehead atoms. The van der Waals surface area contributed by atoms with Crippen LogP contribution in [0.3, 0.4) is 0 Å². The van der Waals surface area contributed by atoms with Crippen LogP contribution in [0.15, 0.2) is 53.2 Å². The van der Waals surface area contributed by atoms with Crippen molar-refractivity contribution in [3.63, 3.8) is 0 Å². The van der Waals surface area contributed by atoms with E-state index in [-0.39, 0.29) is 0 Å². The highest BCUT2D eigenvalue weighted by Gasteiger charge is 2.38. The zero-order valence-electron chi connectivity index (χ0n) is 15.4. The van der Waals surface area contributed by atoms with Gasteiger partial charge in [0.25, 0.3) is 0 Å². The van der Waals surface area contributed by atoms with Crippen LogP contribution >= 0.6 is 0 Å². The Balaban J connectivity index is 0.000000370. The molecule has 0 aliphatic rings. The second-order valence-electron chi connectivity index (χ2n) is 5.68. The number of carboxylic acid groups (broad SMARTS) is 1. The summed E-state index contributed by atoms with van der Waals surface area (Å²) in [5.74, 6) is -0.956. The van der Waals surface area contributed by atoms with Crippen molar-refractivity contribution < 1.29 is 32.2 Å². The molecule has 0 amide bonds. The van der Waals surface area contributed by atoms with E-state index in [0.717, 1.165) is 36.3 Å². The standard InChI is InChI=1S/C17H17N3O2.C2HF3O2/c1-2-3-11-21-15-8-6-13(7-9-15)16-19-20-17(22-16)14-5-4-10-18-12-14;3-2(4,5)1(6)7/h4-10,12H,2-3,11H2,1H3;(H,6,7). The van der Waals surface area contributed by atoms with E-state index in [2.05, 4.69) is 22.1 Å². The number of unbranched alkanes of at least 4 members (excludes halogenated alkanes) is 1. The number of carboxylic acids is 1. The van der Waals surface area contributed by atoms with Crippen LogP contribution in [0.5, 0.6) is 5.75 Å². The van der Waals surface area contributed by atoms with Crippen LogP contribution in [0.1, 0.15) is 19.8 Å². The van der Waals surface area contributed by atoms with E-state index in [1.165, 1.54) is 0 Å². The number of ether oxygens (including phenoxy) is 1. The molecular weight excluding hydrogens is 391 g/mol. The molecule has 0 radical (unpaired) electrons. The quantitative estimate of drug-likeness (QED) is 0.594. The first-order valence-corrected chi connectivity index (χ1v) is 8.58. The lowest BCUT2D eigenvalue weighted by Gasteiger charge is -2.05. The van der Waals surface area contributed by atoms with E-state index in [9.17, 15) is 13.2 Å². The molecule has 2 heterocycles. The molecule has 3 aromatic rings. The maximum absolute atomic E-state index is 10.6. The summed E-state index contributed by atoms with van der Waals surface area (Å²) < 4.78 is 43.1. The molecular formula is C19H18F3N3O4. The zero-order valence-corrected chi connectivity index (χ0v) is 15.4. The molecule has 1 aromatic carbocycles. The van der Waals surface area contributed by atoms with Crippen molar-refractivity contribution in [3.8, 4) is 28.7 Å². The number of benzene rings is 1. The maximum atomic E-state index is 10.6. The fourth-order valence-electron chi connectivity index (χ4n) is 1.97. The molecule has 0 fully saturated rings. The van der Waals surface area contributed by atoms with Crippen LogP contribution in [0, 0.1) is 0 Å². The van der Waals surface area contributed by atoms with Gasteiger partial charge in [0.05, 0.1) is 12.2 Å². The monoisotopic (exact) mass is 409 g/mol. The molecule has 0 spiro atoms. The van der Waals surface area contributed by atoms with Gasteiger partial charge in [-0.05, 0) is 42.8 Å². The second kappa shape index (κ2) is 10.2. The Bertz CT molecular complexity index is 897. The molecule has 29 heavy (non-hydrogen) atoms. The van der Waals surface area contributed by atoms with Crippen molar-refractivity contribution in [3.05, 3.63) is 48.8 Å². The first-order valence-electron chi connectivity index (χ1n) is 8.58. The Morgan fingerprint density at radius 3 is 2.24 bits per heavy atom. The van der Waals surface area contributed by atoms with E-state index in [1.807, 2.05) is 36.4 Å². The number of nitrogens with zero attached hydrogens (tertiary/aromatic N) is 3. The molecule has 7 nitrogen and oxygen atoms in total. The number of halogens is 3. The third-order valence-electron chi connectivity index (χ3n) is 3.44. The molecule has 2 aromatic heterocycles. The van der Waals surface area contributed by atoms with Gasteiger partial charge in [-0.2, -0.15) is 13.2 Å². The third-order valence-corrected chi connectivity index (χ3v) is 3.44. The lowest BCUT2D eigenvalue weighted by atomic mass is 10.2. The minimum Gasteiger partial charge on any atom is -0.494 e. The number of rotatable bonds is 6. The van der Waals surface area contributed by atoms with E-state index < -0.39 is 12.1 Å². The fraction of sp³-hybridized carbons (Fsp3) is 0.263. The molecule has 10 heteroatoms.